The lowest BCUT2D eigenvalue weighted by Crippen LogP contribution is -2.36. The summed E-state index contributed by atoms with van der Waals surface area (Å²) in [5.41, 5.74) is 1.40. The summed E-state index contributed by atoms with van der Waals surface area (Å²) in [6, 6.07) is 9.92. The summed E-state index contributed by atoms with van der Waals surface area (Å²) in [6.45, 7) is 3.54. The molecule has 1 aromatic carbocycles. The molecular weight excluding hydrogens is 476 g/mol. The first-order valence-corrected chi connectivity index (χ1v) is 14.6. The number of piperidine rings is 1. The zero-order chi connectivity index (χ0) is 25.3. The number of nitrogens with zero attached hydrogens (tertiary/aromatic N) is 2. The number of amides is 1. The molecule has 1 spiro atoms. The van der Waals surface area contributed by atoms with Crippen LogP contribution in [0.3, 0.4) is 0 Å². The standard InChI is InChI=1S/C27H36N4O4S/c1-19(18-32)28-24-10-9-23(25(30-24)31-15-13-27(11-12-27)14-16-31)26(33)29-20-5-4-8-22(17-20)36(34,35)21-6-2-3-7-21/h4-5,8-10,17,19,21,32H,2-3,6-7,11-16,18H2,1H3,(H,28,30)(H,29,33)/t19-/m0/s1. The van der Waals surface area contributed by atoms with Gasteiger partial charge >= 0.3 is 0 Å². The average Bonchev–Trinajstić information content (AvgIpc) is 3.38. The predicted molar refractivity (Wildman–Crippen MR) is 141 cm³/mol. The molecule has 8 nitrogen and oxygen atoms in total. The van der Waals surface area contributed by atoms with Gasteiger partial charge in [0.1, 0.15) is 11.6 Å². The van der Waals surface area contributed by atoms with Crippen molar-refractivity contribution in [1.29, 1.82) is 0 Å². The number of aliphatic hydroxyl groups is 1. The SMILES string of the molecule is C[C@@H](CO)Nc1ccc(C(=O)Nc2cccc(S(=O)(=O)C3CCCC3)c2)c(N2CCC3(CC2)CC3)n1. The molecule has 3 N–H and O–H groups in total. The zero-order valence-electron chi connectivity index (χ0n) is 20.9. The Morgan fingerprint density at radius 1 is 1.14 bits per heavy atom. The highest BCUT2D eigenvalue weighted by Crippen LogP contribution is 2.54. The molecule has 2 heterocycles. The Morgan fingerprint density at radius 3 is 2.53 bits per heavy atom. The number of carbonyl (C=O) groups is 1. The lowest BCUT2D eigenvalue weighted by Gasteiger charge is -2.34. The molecule has 1 aliphatic heterocycles. The normalized spacial score (nSPS) is 20.3. The van der Waals surface area contributed by atoms with Gasteiger partial charge in [-0.15, -0.1) is 0 Å². The van der Waals surface area contributed by atoms with Crippen molar-refractivity contribution in [2.45, 2.75) is 74.5 Å². The van der Waals surface area contributed by atoms with Gasteiger partial charge in [-0.3, -0.25) is 4.79 Å². The molecule has 3 fully saturated rings. The van der Waals surface area contributed by atoms with Gasteiger partial charge < -0.3 is 20.6 Å². The Balaban J connectivity index is 1.39. The van der Waals surface area contributed by atoms with Crippen LogP contribution in [0.15, 0.2) is 41.3 Å². The Bertz CT molecular complexity index is 1210. The van der Waals surface area contributed by atoms with E-state index >= 15 is 0 Å². The van der Waals surface area contributed by atoms with Crippen LogP contribution in [0.1, 0.15) is 68.6 Å². The maximum Gasteiger partial charge on any atom is 0.259 e. The summed E-state index contributed by atoms with van der Waals surface area (Å²) >= 11 is 0. The summed E-state index contributed by atoms with van der Waals surface area (Å²) in [5, 5.41) is 15.2. The van der Waals surface area contributed by atoms with Gasteiger partial charge in [-0.05, 0) is 81.2 Å². The number of rotatable bonds is 8. The van der Waals surface area contributed by atoms with Crippen molar-refractivity contribution in [3.63, 3.8) is 0 Å². The van der Waals surface area contributed by atoms with E-state index in [4.69, 9.17) is 4.98 Å². The Morgan fingerprint density at radius 2 is 1.86 bits per heavy atom. The van der Waals surface area contributed by atoms with Crippen molar-refractivity contribution in [3.05, 3.63) is 42.0 Å². The molecule has 3 aliphatic rings. The highest BCUT2D eigenvalue weighted by Gasteiger charge is 2.45. The monoisotopic (exact) mass is 512 g/mol. The van der Waals surface area contributed by atoms with Gasteiger partial charge in [0, 0.05) is 24.8 Å². The third kappa shape index (κ3) is 5.22. The summed E-state index contributed by atoms with van der Waals surface area (Å²) in [5.74, 6) is 0.911. The van der Waals surface area contributed by atoms with Gasteiger partial charge in [-0.2, -0.15) is 0 Å². The number of aromatic nitrogens is 1. The first kappa shape index (κ1) is 25.0. The van der Waals surface area contributed by atoms with Crippen LogP contribution in [0.25, 0.3) is 0 Å². The molecule has 2 aliphatic carbocycles. The van der Waals surface area contributed by atoms with E-state index in [2.05, 4.69) is 15.5 Å². The molecule has 0 radical (unpaired) electrons. The summed E-state index contributed by atoms with van der Waals surface area (Å²) in [7, 11) is -3.41. The van der Waals surface area contributed by atoms with Crippen LogP contribution in [0.2, 0.25) is 0 Å². The van der Waals surface area contributed by atoms with E-state index in [1.165, 1.54) is 12.8 Å². The van der Waals surface area contributed by atoms with Crippen molar-refractivity contribution in [2.24, 2.45) is 5.41 Å². The van der Waals surface area contributed by atoms with Crippen LogP contribution in [-0.2, 0) is 9.84 Å². The van der Waals surface area contributed by atoms with Crippen molar-refractivity contribution >= 4 is 33.1 Å². The van der Waals surface area contributed by atoms with E-state index in [0.29, 0.717) is 41.1 Å². The number of hydrogen-bond donors (Lipinski definition) is 3. The second-order valence-corrected chi connectivity index (χ2v) is 12.9. The van der Waals surface area contributed by atoms with Gasteiger partial charge in [-0.1, -0.05) is 18.9 Å². The van der Waals surface area contributed by atoms with E-state index in [9.17, 15) is 18.3 Å². The summed E-state index contributed by atoms with van der Waals surface area (Å²) in [6.07, 6.45) is 8.05. The van der Waals surface area contributed by atoms with E-state index in [1.807, 2.05) is 6.92 Å². The fraction of sp³-hybridized carbons (Fsp3) is 0.556. The van der Waals surface area contributed by atoms with Crippen molar-refractivity contribution in [2.75, 3.05) is 35.2 Å². The molecule has 1 amide bonds. The fourth-order valence-electron chi connectivity index (χ4n) is 5.46. The van der Waals surface area contributed by atoms with Crippen LogP contribution in [0, 0.1) is 5.41 Å². The second kappa shape index (κ2) is 10.0. The molecule has 1 atom stereocenters. The molecule has 5 rings (SSSR count). The third-order valence-corrected chi connectivity index (χ3v) is 10.3. The van der Waals surface area contributed by atoms with E-state index in [-0.39, 0.29) is 28.7 Å². The highest BCUT2D eigenvalue weighted by atomic mass is 32.2. The first-order chi connectivity index (χ1) is 17.3. The molecule has 194 valence electrons. The minimum absolute atomic E-state index is 0.0222. The van der Waals surface area contributed by atoms with E-state index in [1.54, 1.807) is 36.4 Å². The molecule has 2 saturated carbocycles. The van der Waals surface area contributed by atoms with Gasteiger partial charge in [-0.25, -0.2) is 13.4 Å². The predicted octanol–water partition coefficient (Wildman–Crippen LogP) is 4.22. The summed E-state index contributed by atoms with van der Waals surface area (Å²) in [4.78, 5) is 20.6. The minimum Gasteiger partial charge on any atom is -0.394 e. The number of nitrogens with one attached hydrogen (secondary N) is 2. The van der Waals surface area contributed by atoms with E-state index in [0.717, 1.165) is 38.8 Å². The van der Waals surface area contributed by atoms with Crippen LogP contribution in [0.4, 0.5) is 17.3 Å². The maximum absolute atomic E-state index is 13.4. The second-order valence-electron chi connectivity index (χ2n) is 10.7. The smallest absolute Gasteiger partial charge is 0.259 e. The lowest BCUT2D eigenvalue weighted by atomic mass is 9.93. The zero-order valence-corrected chi connectivity index (χ0v) is 21.7. The largest absolute Gasteiger partial charge is 0.394 e. The number of anilines is 3. The minimum atomic E-state index is -3.41. The Kier molecular flexibility index (Phi) is 6.96. The number of carbonyl (C=O) groups excluding carboxylic acids is 1. The number of benzene rings is 1. The third-order valence-electron chi connectivity index (χ3n) is 8.03. The van der Waals surface area contributed by atoms with Gasteiger partial charge in [0.15, 0.2) is 9.84 Å². The highest BCUT2D eigenvalue weighted by molar-refractivity contribution is 7.92. The molecule has 36 heavy (non-hydrogen) atoms. The molecule has 0 unspecified atom stereocenters. The van der Waals surface area contributed by atoms with Crippen LogP contribution in [-0.4, -0.2) is 55.4 Å². The van der Waals surface area contributed by atoms with E-state index < -0.39 is 9.84 Å². The van der Waals surface area contributed by atoms with Gasteiger partial charge in [0.2, 0.25) is 0 Å². The number of aliphatic hydroxyl groups excluding tert-OH is 1. The van der Waals surface area contributed by atoms with Crippen LogP contribution >= 0.6 is 0 Å². The van der Waals surface area contributed by atoms with Gasteiger partial charge in [0.25, 0.3) is 5.91 Å². The molecule has 9 heteroatoms. The molecular formula is C27H36N4O4S. The number of hydrogen-bond acceptors (Lipinski definition) is 7. The molecule has 1 saturated heterocycles. The Hall–Kier alpha value is -2.65. The van der Waals surface area contributed by atoms with Crippen molar-refractivity contribution < 1.29 is 18.3 Å². The van der Waals surface area contributed by atoms with Gasteiger partial charge in [0.05, 0.1) is 22.3 Å². The average molecular weight is 513 g/mol. The Labute approximate surface area is 213 Å². The van der Waals surface area contributed by atoms with Crippen molar-refractivity contribution in [3.8, 4) is 0 Å². The molecule has 1 aromatic heterocycles. The quantitative estimate of drug-likeness (QED) is 0.485. The van der Waals surface area contributed by atoms with Crippen LogP contribution < -0.4 is 15.5 Å². The number of pyridine rings is 1. The van der Waals surface area contributed by atoms with Crippen molar-refractivity contribution in [1.82, 2.24) is 4.98 Å². The number of sulfone groups is 1. The lowest BCUT2D eigenvalue weighted by molar-refractivity contribution is 0.102. The first-order valence-electron chi connectivity index (χ1n) is 13.1. The van der Waals surface area contributed by atoms with Crippen LogP contribution in [0.5, 0.6) is 0 Å². The fourth-order valence-corrected chi connectivity index (χ4v) is 7.35. The molecule has 2 aromatic rings. The summed E-state index contributed by atoms with van der Waals surface area (Å²) < 4.78 is 26.1. The topological polar surface area (TPSA) is 112 Å². The molecule has 0 bridgehead atoms. The maximum atomic E-state index is 13.4.